The maximum absolute atomic E-state index is 5.51. The first-order chi connectivity index (χ1) is 7.69. The van der Waals surface area contributed by atoms with E-state index in [1.807, 2.05) is 13.0 Å². The SMILES string of the molecule is Cc1nc2ccc(CN(C)CCS)cc2o1. The Bertz CT molecular complexity index is 481. The largest absolute Gasteiger partial charge is 0.441 e. The first-order valence-corrected chi connectivity index (χ1v) is 5.98. The summed E-state index contributed by atoms with van der Waals surface area (Å²) in [5, 5.41) is 0. The lowest BCUT2D eigenvalue weighted by Gasteiger charge is -2.14. The number of hydrogen-bond acceptors (Lipinski definition) is 4. The van der Waals surface area contributed by atoms with Crippen LogP contribution in [-0.2, 0) is 6.54 Å². The van der Waals surface area contributed by atoms with Crippen molar-refractivity contribution in [2.75, 3.05) is 19.3 Å². The number of benzene rings is 1. The fourth-order valence-corrected chi connectivity index (χ4v) is 2.09. The molecule has 16 heavy (non-hydrogen) atoms. The van der Waals surface area contributed by atoms with Crippen molar-refractivity contribution in [3.05, 3.63) is 29.7 Å². The number of aryl methyl sites for hydroxylation is 1. The van der Waals surface area contributed by atoms with Crippen LogP contribution in [0.1, 0.15) is 11.5 Å². The summed E-state index contributed by atoms with van der Waals surface area (Å²) in [5.74, 6) is 1.59. The van der Waals surface area contributed by atoms with Crippen molar-refractivity contribution in [1.29, 1.82) is 0 Å². The summed E-state index contributed by atoms with van der Waals surface area (Å²) in [6.45, 7) is 3.76. The first-order valence-electron chi connectivity index (χ1n) is 5.34. The molecule has 0 saturated heterocycles. The first kappa shape index (κ1) is 11.5. The van der Waals surface area contributed by atoms with Crippen molar-refractivity contribution in [1.82, 2.24) is 9.88 Å². The Labute approximate surface area is 101 Å². The molecule has 0 unspecified atom stereocenters. The monoisotopic (exact) mass is 236 g/mol. The predicted octanol–water partition coefficient (Wildman–Crippen LogP) is 2.50. The van der Waals surface area contributed by atoms with Crippen LogP contribution in [0.4, 0.5) is 0 Å². The molecule has 0 amide bonds. The molecule has 0 atom stereocenters. The van der Waals surface area contributed by atoms with Gasteiger partial charge in [-0.2, -0.15) is 12.6 Å². The number of oxazole rings is 1. The minimum absolute atomic E-state index is 0.718. The molecule has 0 aliphatic carbocycles. The van der Waals surface area contributed by atoms with E-state index in [4.69, 9.17) is 4.42 Å². The number of nitrogens with zero attached hydrogens (tertiary/aromatic N) is 2. The Morgan fingerprint density at radius 2 is 2.25 bits per heavy atom. The van der Waals surface area contributed by atoms with Crippen LogP contribution in [0.3, 0.4) is 0 Å². The number of fused-ring (bicyclic) bond motifs is 1. The normalized spacial score (nSPS) is 11.5. The van der Waals surface area contributed by atoms with E-state index in [0.717, 1.165) is 35.8 Å². The predicted molar refractivity (Wildman–Crippen MR) is 68.9 cm³/mol. The van der Waals surface area contributed by atoms with Crippen LogP contribution in [0.25, 0.3) is 11.1 Å². The Morgan fingerprint density at radius 3 is 3.00 bits per heavy atom. The van der Waals surface area contributed by atoms with Gasteiger partial charge in [-0.3, -0.25) is 0 Å². The van der Waals surface area contributed by atoms with Gasteiger partial charge in [0, 0.05) is 25.8 Å². The van der Waals surface area contributed by atoms with Gasteiger partial charge in [-0.15, -0.1) is 0 Å². The highest BCUT2D eigenvalue weighted by Crippen LogP contribution is 2.17. The molecule has 0 aliphatic rings. The molecular weight excluding hydrogens is 220 g/mol. The molecule has 0 aliphatic heterocycles. The van der Waals surface area contributed by atoms with E-state index in [-0.39, 0.29) is 0 Å². The van der Waals surface area contributed by atoms with Crippen molar-refractivity contribution in [3.63, 3.8) is 0 Å². The van der Waals surface area contributed by atoms with E-state index in [2.05, 4.69) is 41.7 Å². The Hall–Kier alpha value is -1.00. The van der Waals surface area contributed by atoms with Gasteiger partial charge in [-0.1, -0.05) is 6.07 Å². The highest BCUT2D eigenvalue weighted by Gasteiger charge is 2.04. The van der Waals surface area contributed by atoms with Gasteiger partial charge >= 0.3 is 0 Å². The lowest BCUT2D eigenvalue weighted by molar-refractivity contribution is 0.349. The third-order valence-electron chi connectivity index (χ3n) is 2.49. The average molecular weight is 236 g/mol. The third kappa shape index (κ3) is 2.57. The maximum Gasteiger partial charge on any atom is 0.192 e. The summed E-state index contributed by atoms with van der Waals surface area (Å²) in [4.78, 5) is 6.51. The van der Waals surface area contributed by atoms with Crippen LogP contribution >= 0.6 is 12.6 Å². The summed E-state index contributed by atoms with van der Waals surface area (Å²) in [5.41, 5.74) is 3.04. The van der Waals surface area contributed by atoms with Gasteiger partial charge in [0.15, 0.2) is 11.5 Å². The Kier molecular flexibility index (Phi) is 3.51. The molecule has 0 N–H and O–H groups in total. The van der Waals surface area contributed by atoms with Crippen molar-refractivity contribution < 1.29 is 4.42 Å². The highest BCUT2D eigenvalue weighted by atomic mass is 32.1. The van der Waals surface area contributed by atoms with E-state index >= 15 is 0 Å². The second-order valence-corrected chi connectivity index (χ2v) is 4.44. The molecule has 0 spiro atoms. The number of rotatable bonds is 4. The lowest BCUT2D eigenvalue weighted by atomic mass is 10.2. The van der Waals surface area contributed by atoms with E-state index in [1.54, 1.807) is 0 Å². The number of hydrogen-bond donors (Lipinski definition) is 1. The molecule has 0 bridgehead atoms. The van der Waals surface area contributed by atoms with Crippen LogP contribution in [0.2, 0.25) is 0 Å². The van der Waals surface area contributed by atoms with Gasteiger partial charge < -0.3 is 9.32 Å². The summed E-state index contributed by atoms with van der Waals surface area (Å²) in [6, 6.07) is 6.17. The van der Waals surface area contributed by atoms with Crippen LogP contribution in [0.5, 0.6) is 0 Å². The maximum atomic E-state index is 5.51. The van der Waals surface area contributed by atoms with Gasteiger partial charge in [0.05, 0.1) is 0 Å². The van der Waals surface area contributed by atoms with Crippen molar-refractivity contribution in [2.24, 2.45) is 0 Å². The van der Waals surface area contributed by atoms with Crippen LogP contribution in [-0.4, -0.2) is 29.2 Å². The summed E-state index contributed by atoms with van der Waals surface area (Å²) in [7, 11) is 2.09. The van der Waals surface area contributed by atoms with Crippen LogP contribution in [0, 0.1) is 6.92 Å². The molecule has 1 aromatic carbocycles. The van der Waals surface area contributed by atoms with E-state index in [9.17, 15) is 0 Å². The highest BCUT2D eigenvalue weighted by molar-refractivity contribution is 7.80. The molecule has 2 rings (SSSR count). The topological polar surface area (TPSA) is 29.3 Å². The van der Waals surface area contributed by atoms with Gasteiger partial charge in [-0.25, -0.2) is 4.98 Å². The molecular formula is C12H16N2OS. The zero-order chi connectivity index (χ0) is 11.5. The minimum atomic E-state index is 0.718. The standard InChI is InChI=1S/C12H16N2OS/c1-9-13-11-4-3-10(7-12(11)15-9)8-14(2)5-6-16/h3-4,7,16H,5-6,8H2,1-2H3. The Morgan fingerprint density at radius 1 is 1.44 bits per heavy atom. The second kappa shape index (κ2) is 4.89. The third-order valence-corrected chi connectivity index (χ3v) is 2.69. The molecule has 0 saturated carbocycles. The molecule has 3 nitrogen and oxygen atoms in total. The van der Waals surface area contributed by atoms with Crippen molar-refractivity contribution in [2.45, 2.75) is 13.5 Å². The molecule has 0 fully saturated rings. The molecule has 4 heteroatoms. The van der Waals surface area contributed by atoms with Gasteiger partial charge in [-0.05, 0) is 24.7 Å². The Balaban J connectivity index is 2.18. The number of thiol groups is 1. The molecule has 0 radical (unpaired) electrons. The minimum Gasteiger partial charge on any atom is -0.441 e. The van der Waals surface area contributed by atoms with Crippen molar-refractivity contribution in [3.8, 4) is 0 Å². The van der Waals surface area contributed by atoms with Crippen LogP contribution in [0.15, 0.2) is 22.6 Å². The average Bonchev–Trinajstić information content (AvgIpc) is 2.57. The molecule has 1 aromatic heterocycles. The summed E-state index contributed by atoms with van der Waals surface area (Å²) < 4.78 is 5.51. The van der Waals surface area contributed by atoms with E-state index in [1.165, 1.54) is 5.56 Å². The van der Waals surface area contributed by atoms with Gasteiger partial charge in [0.2, 0.25) is 0 Å². The van der Waals surface area contributed by atoms with Crippen molar-refractivity contribution >= 4 is 23.7 Å². The fourth-order valence-electron chi connectivity index (χ4n) is 1.74. The molecule has 86 valence electrons. The van der Waals surface area contributed by atoms with Gasteiger partial charge in [0.25, 0.3) is 0 Å². The zero-order valence-electron chi connectivity index (χ0n) is 9.60. The fraction of sp³-hybridized carbons (Fsp3) is 0.417. The second-order valence-electron chi connectivity index (χ2n) is 4.00. The van der Waals surface area contributed by atoms with Crippen LogP contribution < -0.4 is 0 Å². The summed E-state index contributed by atoms with van der Waals surface area (Å²) >= 11 is 4.22. The number of aromatic nitrogens is 1. The van der Waals surface area contributed by atoms with Gasteiger partial charge in [0.1, 0.15) is 5.52 Å². The lowest BCUT2D eigenvalue weighted by Crippen LogP contribution is -2.19. The zero-order valence-corrected chi connectivity index (χ0v) is 10.5. The van der Waals surface area contributed by atoms with E-state index < -0.39 is 0 Å². The summed E-state index contributed by atoms with van der Waals surface area (Å²) in [6.07, 6.45) is 0. The quantitative estimate of drug-likeness (QED) is 0.827. The van der Waals surface area contributed by atoms with E-state index in [0.29, 0.717) is 0 Å². The molecule has 1 heterocycles. The molecule has 2 aromatic rings. The smallest absolute Gasteiger partial charge is 0.192 e.